The molecule has 0 saturated carbocycles. The lowest BCUT2D eigenvalue weighted by molar-refractivity contribution is 0.301. The maximum atomic E-state index is 8.90. The number of fused-ring (bicyclic) bond motifs is 1. The van der Waals surface area contributed by atoms with Crippen molar-refractivity contribution in [3.63, 3.8) is 0 Å². The number of nitrogens with zero attached hydrogens (tertiary/aromatic N) is 2. The average Bonchev–Trinajstić information content (AvgIpc) is 2.56. The number of nitriles is 1. The van der Waals surface area contributed by atoms with Gasteiger partial charge in [-0.2, -0.15) is 5.26 Å². The first-order valence-electron chi connectivity index (χ1n) is 5.28. The van der Waals surface area contributed by atoms with Crippen LogP contribution in [0.4, 0.5) is 0 Å². The Hall–Kier alpha value is -1.37. The highest BCUT2D eigenvalue weighted by atomic mass is 35.5. The number of halogens is 1. The molecule has 0 bridgehead atoms. The summed E-state index contributed by atoms with van der Waals surface area (Å²) in [4.78, 5) is 4.05. The van der Waals surface area contributed by atoms with Crippen molar-refractivity contribution in [1.29, 1.82) is 5.26 Å². The first-order chi connectivity index (χ1) is 7.78. The summed E-state index contributed by atoms with van der Waals surface area (Å²) >= 11 is 5.81. The molecule has 1 aliphatic heterocycles. The fraction of sp³-hybridized carbons (Fsp3) is 0.333. The Morgan fingerprint density at radius 2 is 2.44 bits per heavy atom. The summed E-state index contributed by atoms with van der Waals surface area (Å²) in [6.45, 7) is 1.09. The van der Waals surface area contributed by atoms with E-state index in [-0.39, 0.29) is 5.15 Å². The van der Waals surface area contributed by atoms with Gasteiger partial charge in [0, 0.05) is 18.8 Å². The molecule has 2 atom stereocenters. The van der Waals surface area contributed by atoms with Crippen LogP contribution < -0.4 is 5.32 Å². The van der Waals surface area contributed by atoms with Crippen LogP contribution in [-0.4, -0.2) is 17.6 Å². The van der Waals surface area contributed by atoms with Gasteiger partial charge in [0.2, 0.25) is 0 Å². The highest BCUT2D eigenvalue weighted by Gasteiger charge is 2.34. The molecule has 0 aromatic carbocycles. The average molecular weight is 232 g/mol. The minimum absolute atomic E-state index is 0.283. The summed E-state index contributed by atoms with van der Waals surface area (Å²) < 4.78 is 0. The van der Waals surface area contributed by atoms with Crippen molar-refractivity contribution < 1.29 is 0 Å². The lowest BCUT2D eigenvalue weighted by atomic mass is 9.93. The number of hydrogen-bond donors (Lipinski definition) is 1. The van der Waals surface area contributed by atoms with E-state index < -0.39 is 0 Å². The summed E-state index contributed by atoms with van der Waals surface area (Å²) in [5.41, 5.74) is 2.75. The summed E-state index contributed by atoms with van der Waals surface area (Å²) in [6, 6.07) is 4.41. The van der Waals surface area contributed by atoms with Crippen LogP contribution in [0.1, 0.15) is 17.5 Å². The largest absolute Gasteiger partial charge is 0.310 e. The number of allylic oxidation sites excluding steroid dienone is 1. The van der Waals surface area contributed by atoms with Crippen LogP contribution in [0.3, 0.4) is 0 Å². The normalized spacial score (nSPS) is 26.6. The van der Waals surface area contributed by atoms with Gasteiger partial charge < -0.3 is 5.32 Å². The quantitative estimate of drug-likeness (QED) is 0.752. The molecule has 1 aliphatic carbocycles. The predicted octanol–water partition coefficient (Wildman–Crippen LogP) is 1.98. The summed E-state index contributed by atoms with van der Waals surface area (Å²) in [5, 5.41) is 12.5. The van der Waals surface area contributed by atoms with Gasteiger partial charge in [-0.15, -0.1) is 0 Å². The third-order valence-electron chi connectivity index (χ3n) is 3.32. The second-order valence-corrected chi connectivity index (χ2v) is 4.62. The Kier molecular flexibility index (Phi) is 2.20. The zero-order valence-corrected chi connectivity index (χ0v) is 9.33. The first-order valence-corrected chi connectivity index (χ1v) is 5.66. The number of rotatable bonds is 1. The standard InChI is InChI=1S/C12H10ClN3/c13-12-8(4-14)2-9(5-16-12)7-1-10-6-15-11(10)3-7/h2-3,5,10-11,15H,1,6H2/t10-,11-/m1/s1. The second-order valence-electron chi connectivity index (χ2n) is 4.26. The molecule has 1 aromatic heterocycles. The Morgan fingerprint density at radius 3 is 3.00 bits per heavy atom. The van der Waals surface area contributed by atoms with Crippen molar-refractivity contribution in [2.24, 2.45) is 5.92 Å². The first kappa shape index (κ1) is 9.83. The van der Waals surface area contributed by atoms with Gasteiger partial charge in [0.15, 0.2) is 0 Å². The minimum atomic E-state index is 0.283. The molecule has 1 saturated heterocycles. The van der Waals surface area contributed by atoms with Gasteiger partial charge in [-0.1, -0.05) is 17.7 Å². The molecule has 80 valence electrons. The molecule has 1 N–H and O–H groups in total. The zero-order valence-electron chi connectivity index (χ0n) is 8.57. The van der Waals surface area contributed by atoms with Crippen molar-refractivity contribution >= 4 is 17.2 Å². The molecule has 2 heterocycles. The van der Waals surface area contributed by atoms with Gasteiger partial charge in [0.05, 0.1) is 5.56 Å². The Morgan fingerprint density at radius 1 is 1.56 bits per heavy atom. The number of nitrogens with one attached hydrogen (secondary N) is 1. The lowest BCUT2D eigenvalue weighted by Gasteiger charge is -2.31. The van der Waals surface area contributed by atoms with Gasteiger partial charge in [-0.3, -0.25) is 0 Å². The summed E-state index contributed by atoms with van der Waals surface area (Å²) in [5.74, 6) is 0.733. The molecule has 0 radical (unpaired) electrons. The van der Waals surface area contributed by atoms with Crippen LogP contribution in [0.2, 0.25) is 5.15 Å². The third-order valence-corrected chi connectivity index (χ3v) is 3.62. The van der Waals surface area contributed by atoms with E-state index in [1.54, 1.807) is 6.20 Å². The zero-order chi connectivity index (χ0) is 11.1. The Balaban J connectivity index is 1.96. The van der Waals surface area contributed by atoms with Gasteiger partial charge in [0.25, 0.3) is 0 Å². The molecule has 4 heteroatoms. The molecule has 1 fully saturated rings. The van der Waals surface area contributed by atoms with Gasteiger partial charge >= 0.3 is 0 Å². The summed E-state index contributed by atoms with van der Waals surface area (Å²) in [7, 11) is 0. The molecule has 16 heavy (non-hydrogen) atoms. The van der Waals surface area contributed by atoms with Crippen molar-refractivity contribution in [2.75, 3.05) is 6.54 Å². The topological polar surface area (TPSA) is 48.7 Å². The molecule has 3 rings (SSSR count). The molecular weight excluding hydrogens is 222 g/mol. The highest BCUT2D eigenvalue weighted by Crippen LogP contribution is 2.36. The summed E-state index contributed by atoms with van der Waals surface area (Å²) in [6.07, 6.45) is 5.06. The highest BCUT2D eigenvalue weighted by molar-refractivity contribution is 6.30. The molecule has 0 unspecified atom stereocenters. The van der Waals surface area contributed by atoms with E-state index >= 15 is 0 Å². The van der Waals surface area contributed by atoms with Crippen LogP contribution in [0.25, 0.3) is 5.57 Å². The van der Waals surface area contributed by atoms with Crippen LogP contribution in [0, 0.1) is 17.2 Å². The predicted molar refractivity (Wildman–Crippen MR) is 61.8 cm³/mol. The minimum Gasteiger partial charge on any atom is -0.310 e. The monoisotopic (exact) mass is 231 g/mol. The van der Waals surface area contributed by atoms with Crippen molar-refractivity contribution in [2.45, 2.75) is 12.5 Å². The van der Waals surface area contributed by atoms with Gasteiger partial charge in [-0.05, 0) is 29.5 Å². The van der Waals surface area contributed by atoms with Gasteiger partial charge in [-0.25, -0.2) is 4.98 Å². The molecule has 1 aromatic rings. The van der Waals surface area contributed by atoms with Crippen LogP contribution in [-0.2, 0) is 0 Å². The Labute approximate surface area is 98.8 Å². The van der Waals surface area contributed by atoms with Gasteiger partial charge in [0.1, 0.15) is 11.2 Å². The van der Waals surface area contributed by atoms with Crippen LogP contribution in [0.5, 0.6) is 0 Å². The van der Waals surface area contributed by atoms with Crippen molar-refractivity contribution in [1.82, 2.24) is 10.3 Å². The van der Waals surface area contributed by atoms with E-state index in [4.69, 9.17) is 16.9 Å². The van der Waals surface area contributed by atoms with E-state index in [9.17, 15) is 0 Å². The fourth-order valence-electron chi connectivity index (χ4n) is 2.30. The number of pyridine rings is 1. The molecular formula is C12H10ClN3. The molecule has 0 amide bonds. The maximum Gasteiger partial charge on any atom is 0.146 e. The Bertz CT molecular complexity index is 515. The van der Waals surface area contributed by atoms with E-state index in [0.717, 1.165) is 24.4 Å². The maximum absolute atomic E-state index is 8.90. The van der Waals surface area contributed by atoms with E-state index in [2.05, 4.69) is 22.4 Å². The smallest absolute Gasteiger partial charge is 0.146 e. The third kappa shape index (κ3) is 1.42. The second kappa shape index (κ2) is 3.58. The SMILES string of the molecule is N#Cc1cc(C2=C[C@H]3NC[C@H]3C2)cnc1Cl. The molecule has 3 nitrogen and oxygen atoms in total. The fourth-order valence-corrected chi connectivity index (χ4v) is 2.44. The van der Waals surface area contributed by atoms with E-state index in [0.29, 0.717) is 11.6 Å². The van der Waals surface area contributed by atoms with E-state index in [1.165, 1.54) is 5.57 Å². The van der Waals surface area contributed by atoms with E-state index in [1.807, 2.05) is 6.07 Å². The number of hydrogen-bond acceptors (Lipinski definition) is 3. The molecule has 0 spiro atoms. The van der Waals surface area contributed by atoms with Crippen molar-refractivity contribution in [3.05, 3.63) is 34.6 Å². The molecule has 2 aliphatic rings. The van der Waals surface area contributed by atoms with Crippen molar-refractivity contribution in [3.8, 4) is 6.07 Å². The van der Waals surface area contributed by atoms with Crippen LogP contribution >= 0.6 is 11.6 Å². The lowest BCUT2D eigenvalue weighted by Crippen LogP contribution is -2.49. The van der Waals surface area contributed by atoms with Crippen LogP contribution in [0.15, 0.2) is 18.3 Å². The number of aromatic nitrogens is 1.